The molecule has 4 heteroatoms. The summed E-state index contributed by atoms with van der Waals surface area (Å²) in [7, 11) is 0. The Morgan fingerprint density at radius 1 is 1.78 bits per heavy atom. The van der Waals surface area contributed by atoms with Crippen LogP contribution in [0.15, 0.2) is 0 Å². The van der Waals surface area contributed by atoms with E-state index in [0.29, 0.717) is 0 Å². The first kappa shape index (κ1) is 11.4. The van der Waals surface area contributed by atoms with Crippen LogP contribution in [0.5, 0.6) is 0 Å². The van der Waals surface area contributed by atoms with Crippen LogP contribution in [0.25, 0.3) is 0 Å². The van der Waals surface area contributed by atoms with Gasteiger partial charge < -0.3 is 10.3 Å². The van der Waals surface area contributed by atoms with Gasteiger partial charge in [0.1, 0.15) is 6.29 Å². The SMILES string of the molecule is CCCC(C=O)NN.O. The van der Waals surface area contributed by atoms with E-state index in [1.807, 2.05) is 6.92 Å². The average Bonchev–Trinajstić information content (AvgIpc) is 1.83. The highest BCUT2D eigenvalue weighted by atomic mass is 16.1. The van der Waals surface area contributed by atoms with Crippen molar-refractivity contribution >= 4 is 6.29 Å². The van der Waals surface area contributed by atoms with Gasteiger partial charge in [-0.2, -0.15) is 0 Å². The second-order valence-electron chi connectivity index (χ2n) is 1.70. The number of carbonyl (C=O) groups is 1. The van der Waals surface area contributed by atoms with E-state index >= 15 is 0 Å². The van der Waals surface area contributed by atoms with E-state index in [1.165, 1.54) is 0 Å². The molecule has 1 unspecified atom stereocenters. The number of carbonyl (C=O) groups excluding carboxylic acids is 1. The lowest BCUT2D eigenvalue weighted by Gasteiger charge is -2.03. The van der Waals surface area contributed by atoms with Gasteiger partial charge in [0.15, 0.2) is 0 Å². The quantitative estimate of drug-likeness (QED) is 0.293. The molecular weight excluding hydrogens is 120 g/mol. The summed E-state index contributed by atoms with van der Waals surface area (Å²) >= 11 is 0. The Morgan fingerprint density at radius 3 is 2.44 bits per heavy atom. The van der Waals surface area contributed by atoms with E-state index in [2.05, 4.69) is 5.43 Å². The van der Waals surface area contributed by atoms with Crippen LogP contribution in [0, 0.1) is 0 Å². The van der Waals surface area contributed by atoms with Crippen LogP contribution >= 0.6 is 0 Å². The molecule has 0 amide bonds. The Kier molecular flexibility index (Phi) is 9.53. The number of hydrogen-bond acceptors (Lipinski definition) is 3. The number of nitrogens with one attached hydrogen (secondary N) is 1. The molecule has 5 N–H and O–H groups in total. The predicted octanol–water partition coefficient (Wildman–Crippen LogP) is -1.01. The summed E-state index contributed by atoms with van der Waals surface area (Å²) in [5.74, 6) is 4.99. The van der Waals surface area contributed by atoms with E-state index in [9.17, 15) is 4.79 Å². The van der Waals surface area contributed by atoms with Crippen molar-refractivity contribution in [2.24, 2.45) is 5.84 Å². The maximum Gasteiger partial charge on any atom is 0.138 e. The Labute approximate surface area is 54.7 Å². The van der Waals surface area contributed by atoms with Gasteiger partial charge in [-0.25, -0.2) is 0 Å². The average molecular weight is 134 g/mol. The summed E-state index contributed by atoms with van der Waals surface area (Å²) in [6, 6.07) is -0.153. The van der Waals surface area contributed by atoms with Gasteiger partial charge in [0.2, 0.25) is 0 Å². The van der Waals surface area contributed by atoms with Gasteiger partial charge in [-0.15, -0.1) is 0 Å². The number of hydrazine groups is 1. The molecule has 0 aromatic heterocycles. The van der Waals surface area contributed by atoms with Crippen molar-refractivity contribution in [3.8, 4) is 0 Å². The van der Waals surface area contributed by atoms with Crippen molar-refractivity contribution in [3.63, 3.8) is 0 Å². The highest BCUT2D eigenvalue weighted by Crippen LogP contribution is 1.89. The van der Waals surface area contributed by atoms with E-state index in [0.717, 1.165) is 19.1 Å². The molecule has 56 valence electrons. The maximum atomic E-state index is 9.98. The van der Waals surface area contributed by atoms with Gasteiger partial charge in [0.25, 0.3) is 0 Å². The van der Waals surface area contributed by atoms with Crippen LogP contribution in [0.2, 0.25) is 0 Å². The second-order valence-corrected chi connectivity index (χ2v) is 1.70. The number of nitrogens with two attached hydrogens (primary N) is 1. The van der Waals surface area contributed by atoms with Crippen LogP contribution in [0.3, 0.4) is 0 Å². The summed E-state index contributed by atoms with van der Waals surface area (Å²) in [6.45, 7) is 2.01. The third-order valence-electron chi connectivity index (χ3n) is 0.978. The Bertz CT molecular complexity index is 68.0. The number of aldehydes is 1. The highest BCUT2D eigenvalue weighted by molar-refractivity contribution is 5.57. The first-order chi connectivity index (χ1) is 3.85. The van der Waals surface area contributed by atoms with E-state index in [-0.39, 0.29) is 11.5 Å². The third kappa shape index (κ3) is 5.42. The Balaban J connectivity index is 0. The van der Waals surface area contributed by atoms with Crippen LogP contribution < -0.4 is 11.3 Å². The molecule has 0 fully saturated rings. The topological polar surface area (TPSA) is 86.6 Å². The predicted molar refractivity (Wildman–Crippen MR) is 35.7 cm³/mol. The molecule has 0 aliphatic heterocycles. The van der Waals surface area contributed by atoms with Crippen LogP contribution in [0.4, 0.5) is 0 Å². The Hall–Kier alpha value is -0.450. The number of rotatable bonds is 4. The van der Waals surface area contributed by atoms with Gasteiger partial charge in [0.05, 0.1) is 6.04 Å². The zero-order chi connectivity index (χ0) is 6.41. The molecule has 0 saturated carbocycles. The fourth-order valence-corrected chi connectivity index (χ4v) is 0.502. The first-order valence-corrected chi connectivity index (χ1v) is 2.76. The minimum atomic E-state index is -0.153. The van der Waals surface area contributed by atoms with Crippen LogP contribution in [-0.4, -0.2) is 17.8 Å². The summed E-state index contributed by atoms with van der Waals surface area (Å²) in [4.78, 5) is 9.98. The molecule has 0 aliphatic rings. The second kappa shape index (κ2) is 7.55. The van der Waals surface area contributed by atoms with Gasteiger partial charge in [0, 0.05) is 0 Å². The molecule has 0 radical (unpaired) electrons. The molecule has 0 spiro atoms. The van der Waals surface area contributed by atoms with Crippen molar-refractivity contribution in [1.29, 1.82) is 0 Å². The van der Waals surface area contributed by atoms with Gasteiger partial charge >= 0.3 is 0 Å². The van der Waals surface area contributed by atoms with Crippen LogP contribution in [-0.2, 0) is 4.79 Å². The Morgan fingerprint density at radius 2 is 2.33 bits per heavy atom. The summed E-state index contributed by atoms with van der Waals surface area (Å²) in [6.07, 6.45) is 2.62. The zero-order valence-corrected chi connectivity index (χ0v) is 5.55. The van der Waals surface area contributed by atoms with E-state index in [1.54, 1.807) is 0 Å². The van der Waals surface area contributed by atoms with Crippen LogP contribution in [0.1, 0.15) is 19.8 Å². The van der Waals surface area contributed by atoms with E-state index < -0.39 is 0 Å². The van der Waals surface area contributed by atoms with Crippen molar-refractivity contribution in [2.75, 3.05) is 0 Å². The molecule has 0 aliphatic carbocycles. The lowest BCUT2D eigenvalue weighted by molar-refractivity contribution is -0.109. The van der Waals surface area contributed by atoms with Crippen molar-refractivity contribution in [2.45, 2.75) is 25.8 Å². The van der Waals surface area contributed by atoms with Crippen molar-refractivity contribution < 1.29 is 10.3 Å². The van der Waals surface area contributed by atoms with Crippen molar-refractivity contribution in [1.82, 2.24) is 5.43 Å². The van der Waals surface area contributed by atoms with Gasteiger partial charge in [-0.1, -0.05) is 13.3 Å². The summed E-state index contributed by atoms with van der Waals surface area (Å²) in [5, 5.41) is 0. The first-order valence-electron chi connectivity index (χ1n) is 2.76. The van der Waals surface area contributed by atoms with Gasteiger partial charge in [-0.05, 0) is 6.42 Å². The molecule has 0 bridgehead atoms. The molecule has 9 heavy (non-hydrogen) atoms. The molecule has 0 saturated heterocycles. The molecule has 0 aromatic rings. The molecule has 4 nitrogen and oxygen atoms in total. The number of hydrogen-bond donors (Lipinski definition) is 2. The maximum absolute atomic E-state index is 9.98. The summed E-state index contributed by atoms with van der Waals surface area (Å²) < 4.78 is 0. The monoisotopic (exact) mass is 134 g/mol. The largest absolute Gasteiger partial charge is 0.412 e. The molecule has 0 heterocycles. The fraction of sp³-hybridized carbons (Fsp3) is 0.800. The minimum Gasteiger partial charge on any atom is -0.412 e. The highest BCUT2D eigenvalue weighted by Gasteiger charge is 1.99. The smallest absolute Gasteiger partial charge is 0.138 e. The summed E-state index contributed by atoms with van der Waals surface area (Å²) in [5.41, 5.74) is 2.38. The normalized spacial score (nSPS) is 11.8. The molecular formula is C5H14N2O2. The minimum absolute atomic E-state index is 0. The lowest BCUT2D eigenvalue weighted by Crippen LogP contribution is -2.35. The lowest BCUT2D eigenvalue weighted by atomic mass is 10.2. The van der Waals surface area contributed by atoms with Gasteiger partial charge in [-0.3, -0.25) is 11.3 Å². The third-order valence-corrected chi connectivity index (χ3v) is 0.978. The van der Waals surface area contributed by atoms with Crippen molar-refractivity contribution in [3.05, 3.63) is 0 Å². The zero-order valence-electron chi connectivity index (χ0n) is 5.55. The molecule has 1 atom stereocenters. The fourth-order valence-electron chi connectivity index (χ4n) is 0.502. The standard InChI is InChI=1S/C5H12N2O.H2O/c1-2-3-5(4-8)7-6;/h4-5,7H,2-3,6H2,1H3;1H2. The molecule has 0 rings (SSSR count). The van der Waals surface area contributed by atoms with E-state index in [4.69, 9.17) is 5.84 Å². The molecule has 0 aromatic carbocycles.